The lowest BCUT2D eigenvalue weighted by molar-refractivity contribution is -0.147. The monoisotopic (exact) mass is 364 g/mol. The number of Topliss-reactive ketones (excluding diaryl/α,β-unsaturated/α-hetero) is 3. The van der Waals surface area contributed by atoms with Crippen molar-refractivity contribution < 1.29 is 19.5 Å². The van der Waals surface area contributed by atoms with Gasteiger partial charge in [0.25, 0.3) is 0 Å². The molecule has 0 bridgehead atoms. The quantitative estimate of drug-likeness (QED) is 0.275. The van der Waals surface area contributed by atoms with E-state index in [1.54, 1.807) is 0 Å². The van der Waals surface area contributed by atoms with Crippen LogP contribution >= 0.6 is 0 Å². The molecule has 148 valence electrons. The highest BCUT2D eigenvalue weighted by Crippen LogP contribution is 2.21. The van der Waals surface area contributed by atoms with Gasteiger partial charge in [0.1, 0.15) is 12.0 Å². The van der Waals surface area contributed by atoms with E-state index in [0.717, 1.165) is 19.3 Å². The molecule has 0 spiro atoms. The SMILES string of the molecule is CCCCCCCCC/C=C/CCCCC(=O)C1C(=O)CCC(O)C1=O. The van der Waals surface area contributed by atoms with Gasteiger partial charge in [-0.25, -0.2) is 0 Å². The maximum absolute atomic E-state index is 12.1. The van der Waals surface area contributed by atoms with Crippen LogP contribution in [0.3, 0.4) is 0 Å². The number of aliphatic hydroxyl groups excluding tert-OH is 1. The van der Waals surface area contributed by atoms with Gasteiger partial charge in [0, 0.05) is 12.8 Å². The van der Waals surface area contributed by atoms with E-state index in [1.165, 1.54) is 44.9 Å². The average Bonchev–Trinajstić information content (AvgIpc) is 2.62. The molecule has 2 atom stereocenters. The van der Waals surface area contributed by atoms with Crippen LogP contribution in [-0.2, 0) is 14.4 Å². The first-order valence-electron chi connectivity index (χ1n) is 10.5. The van der Waals surface area contributed by atoms with Crippen LogP contribution in [0.1, 0.15) is 96.8 Å². The highest BCUT2D eigenvalue weighted by atomic mass is 16.3. The van der Waals surface area contributed by atoms with Crippen molar-refractivity contribution in [2.45, 2.75) is 103 Å². The van der Waals surface area contributed by atoms with Gasteiger partial charge in [-0.2, -0.15) is 0 Å². The minimum absolute atomic E-state index is 0.130. The van der Waals surface area contributed by atoms with Gasteiger partial charge in [-0.3, -0.25) is 14.4 Å². The second-order valence-corrected chi connectivity index (χ2v) is 7.45. The Labute approximate surface area is 158 Å². The highest BCUT2D eigenvalue weighted by molar-refractivity contribution is 6.21. The molecule has 0 saturated heterocycles. The summed E-state index contributed by atoms with van der Waals surface area (Å²) in [6, 6.07) is 0. The number of carbonyl (C=O) groups excluding carboxylic acids is 3. The topological polar surface area (TPSA) is 71.4 Å². The first kappa shape index (κ1) is 22.8. The maximum Gasteiger partial charge on any atom is 0.179 e. The zero-order valence-corrected chi connectivity index (χ0v) is 16.4. The van der Waals surface area contributed by atoms with E-state index in [-0.39, 0.29) is 30.8 Å². The summed E-state index contributed by atoms with van der Waals surface area (Å²) in [5, 5.41) is 9.54. The minimum Gasteiger partial charge on any atom is -0.385 e. The third kappa shape index (κ3) is 8.88. The van der Waals surface area contributed by atoms with Crippen LogP contribution in [0.4, 0.5) is 0 Å². The van der Waals surface area contributed by atoms with Crippen LogP contribution in [0.5, 0.6) is 0 Å². The molecule has 0 heterocycles. The van der Waals surface area contributed by atoms with Gasteiger partial charge in [-0.1, -0.05) is 57.6 Å². The molecule has 1 aliphatic rings. The molecule has 2 unspecified atom stereocenters. The molecule has 1 saturated carbocycles. The van der Waals surface area contributed by atoms with Crippen LogP contribution in [0.25, 0.3) is 0 Å². The van der Waals surface area contributed by atoms with E-state index in [2.05, 4.69) is 19.1 Å². The molecule has 1 aliphatic carbocycles. The zero-order chi connectivity index (χ0) is 19.2. The molecule has 1 rings (SSSR count). The molecule has 1 fully saturated rings. The molecule has 1 N–H and O–H groups in total. The van der Waals surface area contributed by atoms with E-state index in [0.29, 0.717) is 6.42 Å². The Kier molecular flexibility index (Phi) is 12.1. The van der Waals surface area contributed by atoms with Crippen molar-refractivity contribution >= 4 is 17.3 Å². The Hall–Kier alpha value is -1.29. The third-order valence-electron chi connectivity index (χ3n) is 5.11. The minimum atomic E-state index is -1.20. The van der Waals surface area contributed by atoms with Crippen LogP contribution in [0.15, 0.2) is 12.2 Å². The Morgan fingerprint density at radius 1 is 0.962 bits per heavy atom. The Morgan fingerprint density at radius 2 is 1.54 bits per heavy atom. The lowest BCUT2D eigenvalue weighted by Gasteiger charge is -2.22. The number of carbonyl (C=O) groups is 3. The summed E-state index contributed by atoms with van der Waals surface area (Å²) in [7, 11) is 0. The molecule has 0 amide bonds. The van der Waals surface area contributed by atoms with Crippen LogP contribution in [0.2, 0.25) is 0 Å². The smallest absolute Gasteiger partial charge is 0.179 e. The van der Waals surface area contributed by atoms with Crippen molar-refractivity contribution in [2.75, 3.05) is 0 Å². The summed E-state index contributed by atoms with van der Waals surface area (Å²) < 4.78 is 0. The summed E-state index contributed by atoms with van der Waals surface area (Å²) >= 11 is 0. The lowest BCUT2D eigenvalue weighted by Crippen LogP contribution is -2.43. The van der Waals surface area contributed by atoms with Crippen molar-refractivity contribution in [3.8, 4) is 0 Å². The molecule has 4 heteroatoms. The number of allylic oxidation sites excluding steroid dienone is 2. The molecule has 26 heavy (non-hydrogen) atoms. The largest absolute Gasteiger partial charge is 0.385 e. The van der Waals surface area contributed by atoms with E-state index in [1.807, 2.05) is 0 Å². The first-order chi connectivity index (χ1) is 12.6. The first-order valence-corrected chi connectivity index (χ1v) is 10.5. The average molecular weight is 365 g/mol. The normalized spacial score (nSPS) is 20.8. The van der Waals surface area contributed by atoms with E-state index >= 15 is 0 Å². The summed E-state index contributed by atoms with van der Waals surface area (Å²) in [4.78, 5) is 35.7. The number of unbranched alkanes of at least 4 members (excludes halogenated alkanes) is 9. The van der Waals surface area contributed by atoms with Crippen LogP contribution in [-0.4, -0.2) is 28.6 Å². The lowest BCUT2D eigenvalue weighted by atomic mass is 9.81. The highest BCUT2D eigenvalue weighted by Gasteiger charge is 2.40. The zero-order valence-electron chi connectivity index (χ0n) is 16.4. The van der Waals surface area contributed by atoms with Gasteiger partial charge in [0.05, 0.1) is 0 Å². The number of rotatable bonds is 14. The summed E-state index contributed by atoms with van der Waals surface area (Å²) in [6.07, 6.45) is 16.7. The van der Waals surface area contributed by atoms with Gasteiger partial charge in [0.15, 0.2) is 17.3 Å². The van der Waals surface area contributed by atoms with Crippen LogP contribution in [0, 0.1) is 5.92 Å². The van der Waals surface area contributed by atoms with Crippen molar-refractivity contribution in [1.29, 1.82) is 0 Å². The van der Waals surface area contributed by atoms with Gasteiger partial charge in [-0.15, -0.1) is 0 Å². The van der Waals surface area contributed by atoms with E-state index in [9.17, 15) is 19.5 Å². The van der Waals surface area contributed by atoms with Crippen molar-refractivity contribution in [3.05, 3.63) is 12.2 Å². The fraction of sp³-hybridized carbons (Fsp3) is 0.773. The second kappa shape index (κ2) is 13.9. The Balaban J connectivity index is 2.03. The Bertz CT molecular complexity index is 467. The van der Waals surface area contributed by atoms with E-state index < -0.39 is 17.8 Å². The van der Waals surface area contributed by atoms with Crippen LogP contribution < -0.4 is 0 Å². The Morgan fingerprint density at radius 3 is 2.19 bits per heavy atom. The predicted octanol–water partition coefficient (Wildman–Crippen LogP) is 4.72. The van der Waals surface area contributed by atoms with Gasteiger partial charge < -0.3 is 5.11 Å². The molecule has 0 aromatic rings. The number of ketones is 3. The molecule has 0 aliphatic heterocycles. The summed E-state index contributed by atoms with van der Waals surface area (Å²) in [5.74, 6) is -2.43. The molecule has 0 aromatic heterocycles. The molecule has 0 radical (unpaired) electrons. The standard InChI is InChI=1S/C22H36O4/c1-2-3-4-5-6-7-8-9-10-11-12-13-14-15-18(23)21-19(24)16-17-20(25)22(21)26/h10-11,20-21,25H,2-9,12-17H2,1H3/b11-10+. The second-order valence-electron chi connectivity index (χ2n) is 7.45. The van der Waals surface area contributed by atoms with Crippen molar-refractivity contribution in [3.63, 3.8) is 0 Å². The number of hydrogen-bond donors (Lipinski definition) is 1. The summed E-state index contributed by atoms with van der Waals surface area (Å²) in [5.41, 5.74) is 0. The third-order valence-corrected chi connectivity index (χ3v) is 5.11. The van der Waals surface area contributed by atoms with Gasteiger partial charge in [0.2, 0.25) is 0 Å². The van der Waals surface area contributed by atoms with Gasteiger partial charge >= 0.3 is 0 Å². The molecular weight excluding hydrogens is 328 g/mol. The fourth-order valence-electron chi connectivity index (χ4n) is 3.42. The van der Waals surface area contributed by atoms with Crippen molar-refractivity contribution in [1.82, 2.24) is 0 Å². The number of hydrogen-bond acceptors (Lipinski definition) is 4. The number of aliphatic hydroxyl groups is 1. The molecular formula is C22H36O4. The maximum atomic E-state index is 12.1. The molecule has 0 aromatic carbocycles. The van der Waals surface area contributed by atoms with Gasteiger partial charge in [-0.05, 0) is 38.5 Å². The predicted molar refractivity (Wildman–Crippen MR) is 104 cm³/mol. The molecule has 4 nitrogen and oxygen atoms in total. The summed E-state index contributed by atoms with van der Waals surface area (Å²) in [6.45, 7) is 2.24. The van der Waals surface area contributed by atoms with E-state index in [4.69, 9.17) is 0 Å². The fourth-order valence-corrected chi connectivity index (χ4v) is 3.42. The van der Waals surface area contributed by atoms with Crippen molar-refractivity contribution in [2.24, 2.45) is 5.92 Å².